The van der Waals surface area contributed by atoms with E-state index in [9.17, 15) is 9.18 Å². The lowest BCUT2D eigenvalue weighted by atomic mass is 10.0. The first-order valence-electron chi connectivity index (χ1n) is 6.15. The molecule has 0 unspecified atom stereocenters. The van der Waals surface area contributed by atoms with Gasteiger partial charge in [-0.1, -0.05) is 23.2 Å². The fourth-order valence-corrected chi connectivity index (χ4v) is 2.29. The number of ketones is 1. The highest BCUT2D eigenvalue weighted by Crippen LogP contribution is 2.33. The maximum absolute atomic E-state index is 13.8. The molecule has 2 aromatic rings. The normalized spacial score (nSPS) is 10.5. The average Bonchev–Trinajstić information content (AvgIpc) is 2.44. The van der Waals surface area contributed by atoms with Crippen LogP contribution in [0, 0.1) is 5.82 Å². The third kappa shape index (κ3) is 3.28. The largest absolute Gasteiger partial charge is 0.492 e. The third-order valence-corrected chi connectivity index (χ3v) is 3.41. The lowest BCUT2D eigenvalue weighted by molar-refractivity contribution is 0.103. The molecule has 21 heavy (non-hydrogen) atoms. The highest BCUT2D eigenvalue weighted by Gasteiger charge is 2.19. The summed E-state index contributed by atoms with van der Waals surface area (Å²) in [5, 5.41) is 0.364. The third-order valence-electron chi connectivity index (χ3n) is 2.80. The SMILES string of the molecule is CCOc1cc(Cl)c(C(=O)c2cc(N)ccc2F)cc1Cl. The van der Waals surface area contributed by atoms with Crippen molar-refractivity contribution in [3.8, 4) is 5.75 Å². The Hall–Kier alpha value is -1.78. The number of carbonyl (C=O) groups excluding carboxylic acids is 1. The van der Waals surface area contributed by atoms with Gasteiger partial charge in [0.15, 0.2) is 5.78 Å². The molecule has 0 saturated carbocycles. The molecule has 110 valence electrons. The summed E-state index contributed by atoms with van der Waals surface area (Å²) in [5.41, 5.74) is 5.80. The Morgan fingerprint density at radius 2 is 1.90 bits per heavy atom. The summed E-state index contributed by atoms with van der Waals surface area (Å²) in [5.74, 6) is -0.890. The van der Waals surface area contributed by atoms with Gasteiger partial charge in [-0.3, -0.25) is 4.79 Å². The lowest BCUT2D eigenvalue weighted by Crippen LogP contribution is -2.06. The maximum atomic E-state index is 13.8. The van der Waals surface area contributed by atoms with Crippen molar-refractivity contribution in [3.05, 3.63) is 57.3 Å². The van der Waals surface area contributed by atoms with Crippen LogP contribution in [0.25, 0.3) is 0 Å². The van der Waals surface area contributed by atoms with Crippen LogP contribution in [-0.4, -0.2) is 12.4 Å². The summed E-state index contributed by atoms with van der Waals surface area (Å²) in [4.78, 5) is 12.4. The number of carbonyl (C=O) groups is 1. The van der Waals surface area contributed by atoms with Gasteiger partial charge >= 0.3 is 0 Å². The fraction of sp³-hybridized carbons (Fsp3) is 0.133. The average molecular weight is 328 g/mol. The van der Waals surface area contributed by atoms with Gasteiger partial charge in [0, 0.05) is 17.3 Å². The van der Waals surface area contributed by atoms with Gasteiger partial charge in [0.2, 0.25) is 0 Å². The van der Waals surface area contributed by atoms with Crippen LogP contribution < -0.4 is 10.5 Å². The highest BCUT2D eigenvalue weighted by atomic mass is 35.5. The molecular formula is C15H12Cl2FNO2. The fourth-order valence-electron chi connectivity index (χ4n) is 1.83. The monoisotopic (exact) mass is 327 g/mol. The van der Waals surface area contributed by atoms with Gasteiger partial charge in [-0.15, -0.1) is 0 Å². The van der Waals surface area contributed by atoms with Crippen LogP contribution in [0.3, 0.4) is 0 Å². The lowest BCUT2D eigenvalue weighted by Gasteiger charge is -2.10. The number of nitrogen functional groups attached to an aromatic ring is 1. The molecule has 0 heterocycles. The summed E-state index contributed by atoms with van der Waals surface area (Å²) in [6.45, 7) is 2.21. The van der Waals surface area contributed by atoms with Gasteiger partial charge in [-0.05, 0) is 31.2 Å². The Balaban J connectivity index is 2.49. The maximum Gasteiger partial charge on any atom is 0.197 e. The molecule has 0 fully saturated rings. The number of hydrogen-bond donors (Lipinski definition) is 1. The van der Waals surface area contributed by atoms with Crippen molar-refractivity contribution >= 4 is 34.7 Å². The van der Waals surface area contributed by atoms with Crippen LogP contribution in [0.5, 0.6) is 5.75 Å². The smallest absolute Gasteiger partial charge is 0.197 e. The molecular weight excluding hydrogens is 316 g/mol. The molecule has 0 radical (unpaired) electrons. The quantitative estimate of drug-likeness (QED) is 0.671. The van der Waals surface area contributed by atoms with Crippen molar-refractivity contribution < 1.29 is 13.9 Å². The molecule has 0 saturated heterocycles. The zero-order valence-corrected chi connectivity index (χ0v) is 12.6. The Morgan fingerprint density at radius 1 is 1.19 bits per heavy atom. The molecule has 0 bridgehead atoms. The second kappa shape index (κ2) is 6.33. The first-order valence-corrected chi connectivity index (χ1v) is 6.91. The minimum Gasteiger partial charge on any atom is -0.492 e. The molecule has 0 aromatic heterocycles. The summed E-state index contributed by atoms with van der Waals surface area (Å²) in [6.07, 6.45) is 0. The zero-order chi connectivity index (χ0) is 15.6. The molecule has 0 spiro atoms. The Kier molecular flexibility index (Phi) is 4.70. The number of halogens is 3. The second-order valence-electron chi connectivity index (χ2n) is 4.26. The van der Waals surface area contributed by atoms with E-state index in [1.807, 2.05) is 0 Å². The van der Waals surface area contributed by atoms with Crippen molar-refractivity contribution in [2.24, 2.45) is 0 Å². The van der Waals surface area contributed by atoms with Crippen LogP contribution in [0.2, 0.25) is 10.0 Å². The molecule has 2 rings (SSSR count). The summed E-state index contributed by atoms with van der Waals surface area (Å²) in [7, 11) is 0. The minimum atomic E-state index is -0.671. The first-order chi connectivity index (χ1) is 9.93. The van der Waals surface area contributed by atoms with E-state index < -0.39 is 11.6 Å². The van der Waals surface area contributed by atoms with E-state index >= 15 is 0 Å². The Labute approximate surface area is 131 Å². The van der Waals surface area contributed by atoms with Crippen molar-refractivity contribution in [3.63, 3.8) is 0 Å². The molecule has 0 amide bonds. The topological polar surface area (TPSA) is 52.3 Å². The number of rotatable bonds is 4. The number of benzene rings is 2. The predicted molar refractivity (Wildman–Crippen MR) is 81.9 cm³/mol. The Morgan fingerprint density at radius 3 is 2.57 bits per heavy atom. The molecule has 0 aliphatic rings. The van der Waals surface area contributed by atoms with Gasteiger partial charge in [0.1, 0.15) is 11.6 Å². The van der Waals surface area contributed by atoms with E-state index in [0.29, 0.717) is 12.4 Å². The molecule has 2 aromatic carbocycles. The van der Waals surface area contributed by atoms with E-state index in [1.165, 1.54) is 24.3 Å². The molecule has 2 N–H and O–H groups in total. The van der Waals surface area contributed by atoms with Gasteiger partial charge in [-0.2, -0.15) is 0 Å². The molecule has 6 heteroatoms. The number of hydrogen-bond acceptors (Lipinski definition) is 3. The second-order valence-corrected chi connectivity index (χ2v) is 5.08. The van der Waals surface area contributed by atoms with Gasteiger partial charge < -0.3 is 10.5 Å². The van der Waals surface area contributed by atoms with Gasteiger partial charge in [0.05, 0.1) is 22.2 Å². The van der Waals surface area contributed by atoms with Crippen molar-refractivity contribution in [1.82, 2.24) is 0 Å². The van der Waals surface area contributed by atoms with Gasteiger partial charge in [-0.25, -0.2) is 4.39 Å². The number of nitrogens with two attached hydrogens (primary N) is 1. The first kappa shape index (κ1) is 15.6. The highest BCUT2D eigenvalue weighted by molar-refractivity contribution is 6.37. The standard InChI is InChI=1S/C15H12Cl2FNO2/c1-2-21-14-7-11(16)9(6-12(14)17)15(20)10-5-8(19)3-4-13(10)18/h3-7H,2,19H2,1H3. The molecule has 0 aliphatic carbocycles. The van der Waals surface area contributed by atoms with Crippen LogP contribution in [0.4, 0.5) is 10.1 Å². The zero-order valence-electron chi connectivity index (χ0n) is 11.1. The minimum absolute atomic E-state index is 0.0922. The van der Waals surface area contributed by atoms with Crippen LogP contribution in [0.1, 0.15) is 22.8 Å². The Bertz CT molecular complexity index is 704. The molecule has 0 atom stereocenters. The summed E-state index contributed by atoms with van der Waals surface area (Å²) >= 11 is 12.1. The summed E-state index contributed by atoms with van der Waals surface area (Å²) in [6, 6.07) is 6.56. The van der Waals surface area contributed by atoms with E-state index in [1.54, 1.807) is 6.92 Å². The van der Waals surface area contributed by atoms with Crippen molar-refractivity contribution in [1.29, 1.82) is 0 Å². The predicted octanol–water partition coefficient (Wildman–Crippen LogP) is 4.34. The van der Waals surface area contributed by atoms with E-state index in [4.69, 9.17) is 33.7 Å². The van der Waals surface area contributed by atoms with E-state index in [-0.39, 0.29) is 26.9 Å². The van der Waals surface area contributed by atoms with Crippen LogP contribution in [0.15, 0.2) is 30.3 Å². The van der Waals surface area contributed by atoms with Gasteiger partial charge in [0.25, 0.3) is 0 Å². The van der Waals surface area contributed by atoms with Crippen LogP contribution in [-0.2, 0) is 0 Å². The number of anilines is 1. The van der Waals surface area contributed by atoms with Crippen molar-refractivity contribution in [2.45, 2.75) is 6.92 Å². The van der Waals surface area contributed by atoms with E-state index in [0.717, 1.165) is 6.07 Å². The molecule has 0 aliphatic heterocycles. The summed E-state index contributed by atoms with van der Waals surface area (Å²) < 4.78 is 19.0. The van der Waals surface area contributed by atoms with E-state index in [2.05, 4.69) is 0 Å². The van der Waals surface area contributed by atoms with Crippen molar-refractivity contribution in [2.75, 3.05) is 12.3 Å². The molecule has 3 nitrogen and oxygen atoms in total. The number of ether oxygens (including phenoxy) is 1. The van der Waals surface area contributed by atoms with Crippen LogP contribution >= 0.6 is 23.2 Å².